The molecule has 1 aliphatic carbocycles. The second-order valence-corrected chi connectivity index (χ2v) is 4.87. The average molecular weight is 264 g/mol. The van der Waals surface area contributed by atoms with Crippen LogP contribution in [0.15, 0.2) is 72.4 Å². The lowest BCUT2D eigenvalue weighted by molar-refractivity contribution is -0.104. The molecule has 20 heavy (non-hydrogen) atoms. The second kappa shape index (κ2) is 8.11. The van der Waals surface area contributed by atoms with E-state index in [0.717, 1.165) is 17.4 Å². The van der Waals surface area contributed by atoms with Gasteiger partial charge in [-0.25, -0.2) is 0 Å². The Morgan fingerprint density at radius 1 is 1.05 bits per heavy atom. The lowest BCUT2D eigenvalue weighted by Gasteiger charge is -2.09. The Kier molecular flexibility index (Phi) is 5.78. The van der Waals surface area contributed by atoms with Crippen LogP contribution in [0, 0.1) is 0 Å². The summed E-state index contributed by atoms with van der Waals surface area (Å²) in [5.74, 6) is 0. The van der Waals surface area contributed by atoms with E-state index < -0.39 is 0 Å². The molecule has 1 aromatic rings. The first-order valence-corrected chi connectivity index (χ1v) is 7.15. The summed E-state index contributed by atoms with van der Waals surface area (Å²) in [4.78, 5) is 10.4. The minimum absolute atomic E-state index is 0.798. The van der Waals surface area contributed by atoms with Gasteiger partial charge in [-0.1, -0.05) is 66.3 Å². The molecule has 2 rings (SSSR count). The molecule has 0 saturated carbocycles. The first-order chi connectivity index (χ1) is 9.90. The summed E-state index contributed by atoms with van der Waals surface area (Å²) in [5, 5.41) is 0. The van der Waals surface area contributed by atoms with Gasteiger partial charge in [0.25, 0.3) is 0 Å². The molecule has 1 aromatic carbocycles. The molecule has 0 bridgehead atoms. The van der Waals surface area contributed by atoms with Crippen LogP contribution in [-0.4, -0.2) is 6.29 Å². The monoisotopic (exact) mass is 264 g/mol. The number of aldehydes is 1. The highest BCUT2D eigenvalue weighted by Crippen LogP contribution is 2.21. The zero-order valence-corrected chi connectivity index (χ0v) is 11.7. The molecule has 0 aliphatic heterocycles. The fraction of sp³-hybridized carbons (Fsp3) is 0.211. The quantitative estimate of drug-likeness (QED) is 0.421. The number of hydrogen-bond donors (Lipinski definition) is 0. The van der Waals surface area contributed by atoms with E-state index in [1.165, 1.54) is 37.3 Å². The third-order valence-corrected chi connectivity index (χ3v) is 3.38. The van der Waals surface area contributed by atoms with Crippen molar-refractivity contribution in [2.45, 2.75) is 25.7 Å². The van der Waals surface area contributed by atoms with Crippen molar-refractivity contribution in [2.24, 2.45) is 0 Å². The topological polar surface area (TPSA) is 17.1 Å². The SMILES string of the molecule is O=CC=CC=C(C=CC1=CCCCC1)c1ccccc1. The zero-order valence-electron chi connectivity index (χ0n) is 11.7. The van der Waals surface area contributed by atoms with Gasteiger partial charge in [-0.2, -0.15) is 0 Å². The zero-order chi connectivity index (χ0) is 14.0. The lowest BCUT2D eigenvalue weighted by Crippen LogP contribution is -1.88. The van der Waals surface area contributed by atoms with Crippen LogP contribution in [0.1, 0.15) is 31.2 Å². The van der Waals surface area contributed by atoms with Gasteiger partial charge >= 0.3 is 0 Å². The van der Waals surface area contributed by atoms with Crippen molar-refractivity contribution in [1.82, 2.24) is 0 Å². The van der Waals surface area contributed by atoms with E-state index >= 15 is 0 Å². The van der Waals surface area contributed by atoms with Crippen LogP contribution in [0.3, 0.4) is 0 Å². The van der Waals surface area contributed by atoms with E-state index in [4.69, 9.17) is 0 Å². The van der Waals surface area contributed by atoms with Gasteiger partial charge in [-0.3, -0.25) is 4.79 Å². The average Bonchev–Trinajstić information content (AvgIpc) is 2.52. The summed E-state index contributed by atoms with van der Waals surface area (Å²) in [6.45, 7) is 0. The summed E-state index contributed by atoms with van der Waals surface area (Å²) in [5.41, 5.74) is 3.70. The van der Waals surface area contributed by atoms with Crippen LogP contribution in [0.25, 0.3) is 5.57 Å². The number of rotatable bonds is 5. The maximum Gasteiger partial charge on any atom is 0.142 e. The van der Waals surface area contributed by atoms with E-state index in [1.54, 1.807) is 6.08 Å². The van der Waals surface area contributed by atoms with Crippen LogP contribution in [0.4, 0.5) is 0 Å². The Morgan fingerprint density at radius 2 is 1.90 bits per heavy atom. The van der Waals surface area contributed by atoms with Crippen LogP contribution < -0.4 is 0 Å². The predicted octanol–water partition coefficient (Wildman–Crippen LogP) is 4.88. The molecule has 0 N–H and O–H groups in total. The molecule has 102 valence electrons. The van der Waals surface area contributed by atoms with Gasteiger partial charge < -0.3 is 0 Å². The van der Waals surface area contributed by atoms with Crippen LogP contribution in [0.5, 0.6) is 0 Å². The fourth-order valence-electron chi connectivity index (χ4n) is 2.29. The van der Waals surface area contributed by atoms with E-state index in [-0.39, 0.29) is 0 Å². The van der Waals surface area contributed by atoms with Crippen molar-refractivity contribution >= 4 is 11.9 Å². The van der Waals surface area contributed by atoms with Crippen molar-refractivity contribution in [3.8, 4) is 0 Å². The molecule has 0 aromatic heterocycles. The normalized spacial score (nSPS) is 16.6. The Morgan fingerprint density at radius 3 is 2.60 bits per heavy atom. The predicted molar refractivity (Wildman–Crippen MR) is 85.3 cm³/mol. The molecule has 0 unspecified atom stereocenters. The van der Waals surface area contributed by atoms with Crippen molar-refractivity contribution in [1.29, 1.82) is 0 Å². The largest absolute Gasteiger partial charge is 0.299 e. The molecule has 1 heteroatoms. The van der Waals surface area contributed by atoms with Gasteiger partial charge in [-0.05, 0) is 42.9 Å². The van der Waals surface area contributed by atoms with Gasteiger partial charge in [0.05, 0.1) is 0 Å². The molecule has 0 fully saturated rings. The van der Waals surface area contributed by atoms with E-state index in [1.807, 2.05) is 24.3 Å². The third kappa shape index (κ3) is 4.51. The maximum atomic E-state index is 10.4. The number of hydrogen-bond acceptors (Lipinski definition) is 1. The van der Waals surface area contributed by atoms with Crippen LogP contribution >= 0.6 is 0 Å². The Bertz CT molecular complexity index is 544. The van der Waals surface area contributed by atoms with E-state index in [0.29, 0.717) is 0 Å². The summed E-state index contributed by atoms with van der Waals surface area (Å²) < 4.78 is 0. The Labute approximate surface area is 121 Å². The Hall–Kier alpha value is -2.15. The Balaban J connectivity index is 2.20. The van der Waals surface area contributed by atoms with Gasteiger partial charge in [0, 0.05) is 0 Å². The van der Waals surface area contributed by atoms with E-state index in [9.17, 15) is 4.79 Å². The molecule has 1 aliphatic rings. The molecule has 0 radical (unpaired) electrons. The van der Waals surface area contributed by atoms with Gasteiger partial charge in [0.15, 0.2) is 0 Å². The van der Waals surface area contributed by atoms with Crippen LogP contribution in [0.2, 0.25) is 0 Å². The minimum Gasteiger partial charge on any atom is -0.299 e. The highest BCUT2D eigenvalue weighted by atomic mass is 16.1. The molecular formula is C19H20O. The number of carbonyl (C=O) groups is 1. The van der Waals surface area contributed by atoms with Crippen molar-refractivity contribution < 1.29 is 4.79 Å². The minimum atomic E-state index is 0.798. The lowest BCUT2D eigenvalue weighted by atomic mass is 9.97. The second-order valence-electron chi connectivity index (χ2n) is 4.87. The first kappa shape index (κ1) is 14.3. The number of allylic oxidation sites excluding steroid dienone is 8. The third-order valence-electron chi connectivity index (χ3n) is 3.38. The molecular weight excluding hydrogens is 244 g/mol. The molecule has 0 heterocycles. The molecule has 0 spiro atoms. The van der Waals surface area contributed by atoms with Crippen LogP contribution in [-0.2, 0) is 4.79 Å². The molecule has 0 amide bonds. The standard InChI is InChI=1S/C19H20O/c20-16-8-7-13-19(18-11-5-2-6-12-18)15-14-17-9-3-1-4-10-17/h2,5-9,11-16H,1,3-4,10H2. The van der Waals surface area contributed by atoms with Crippen molar-refractivity contribution in [3.05, 3.63) is 77.9 Å². The van der Waals surface area contributed by atoms with Crippen molar-refractivity contribution in [3.63, 3.8) is 0 Å². The molecule has 0 atom stereocenters. The first-order valence-electron chi connectivity index (χ1n) is 7.15. The summed E-state index contributed by atoms with van der Waals surface area (Å²) in [7, 11) is 0. The summed E-state index contributed by atoms with van der Waals surface area (Å²) >= 11 is 0. The number of benzene rings is 1. The van der Waals surface area contributed by atoms with E-state index in [2.05, 4.69) is 30.4 Å². The molecule has 0 saturated heterocycles. The highest BCUT2D eigenvalue weighted by molar-refractivity contribution is 5.76. The fourth-order valence-corrected chi connectivity index (χ4v) is 2.29. The van der Waals surface area contributed by atoms with Gasteiger partial charge in [-0.15, -0.1) is 0 Å². The molecule has 1 nitrogen and oxygen atoms in total. The number of carbonyl (C=O) groups excluding carboxylic acids is 1. The highest BCUT2D eigenvalue weighted by Gasteiger charge is 2.01. The smallest absolute Gasteiger partial charge is 0.142 e. The maximum absolute atomic E-state index is 10.4. The summed E-state index contributed by atoms with van der Waals surface area (Å²) in [6, 6.07) is 10.2. The van der Waals surface area contributed by atoms with Gasteiger partial charge in [0.2, 0.25) is 0 Å². The van der Waals surface area contributed by atoms with Crippen molar-refractivity contribution in [2.75, 3.05) is 0 Å². The van der Waals surface area contributed by atoms with Gasteiger partial charge in [0.1, 0.15) is 6.29 Å². The summed E-state index contributed by atoms with van der Waals surface area (Å²) in [6.07, 6.45) is 17.7.